The minimum absolute atomic E-state index is 0.0112. The van der Waals surface area contributed by atoms with E-state index in [9.17, 15) is 17.6 Å². The lowest BCUT2D eigenvalue weighted by Gasteiger charge is -2.06. The smallest absolute Gasteiger partial charge is 0.250 e. The summed E-state index contributed by atoms with van der Waals surface area (Å²) in [5, 5.41) is 2.68. The Morgan fingerprint density at radius 2 is 2.04 bits per heavy atom. The molecule has 5 nitrogen and oxygen atoms in total. The van der Waals surface area contributed by atoms with Crippen LogP contribution < -0.4 is 10.0 Å². The fraction of sp³-hybridized carbons (Fsp3) is 0.267. The number of hydrogen-bond donors (Lipinski definition) is 2. The lowest BCUT2D eigenvalue weighted by molar-refractivity contribution is -0.115. The van der Waals surface area contributed by atoms with E-state index in [-0.39, 0.29) is 27.6 Å². The van der Waals surface area contributed by atoms with Gasteiger partial charge in [-0.3, -0.25) is 4.79 Å². The standard InChI is InChI=1S/C15H14ClFN2O3S2/c16-12-7-9(17)1-5-13(12)18-14(20)8-11-4-6-15(23-11)24(21,22)19-10-2-3-10/h1,4-7,10,19H,2-3,8H2,(H,18,20). The van der Waals surface area contributed by atoms with Gasteiger partial charge in [-0.1, -0.05) is 11.6 Å². The van der Waals surface area contributed by atoms with Crippen LogP contribution in [0.2, 0.25) is 5.02 Å². The van der Waals surface area contributed by atoms with Crippen LogP contribution >= 0.6 is 22.9 Å². The summed E-state index contributed by atoms with van der Waals surface area (Å²) in [7, 11) is -3.51. The summed E-state index contributed by atoms with van der Waals surface area (Å²) < 4.78 is 40.0. The lowest BCUT2D eigenvalue weighted by atomic mass is 10.3. The molecule has 1 saturated carbocycles. The molecular formula is C15H14ClFN2O3S2. The van der Waals surface area contributed by atoms with Crippen LogP contribution in [0.3, 0.4) is 0 Å². The Bertz CT molecular complexity index is 879. The first kappa shape index (κ1) is 17.3. The average Bonchev–Trinajstić information content (AvgIpc) is 3.15. The van der Waals surface area contributed by atoms with Crippen molar-refractivity contribution >= 4 is 44.6 Å². The molecule has 2 N–H and O–H groups in total. The lowest BCUT2D eigenvalue weighted by Crippen LogP contribution is -2.24. The van der Waals surface area contributed by atoms with Crippen LogP contribution in [0.4, 0.5) is 10.1 Å². The van der Waals surface area contributed by atoms with E-state index in [1.54, 1.807) is 6.07 Å². The summed E-state index contributed by atoms with van der Waals surface area (Å²) in [4.78, 5) is 12.7. The zero-order chi connectivity index (χ0) is 17.3. The van der Waals surface area contributed by atoms with Crippen molar-refractivity contribution in [2.45, 2.75) is 29.5 Å². The van der Waals surface area contributed by atoms with Crippen LogP contribution in [0.15, 0.2) is 34.5 Å². The van der Waals surface area contributed by atoms with E-state index >= 15 is 0 Å². The van der Waals surface area contributed by atoms with Crippen LogP contribution in [0.25, 0.3) is 0 Å². The molecule has 1 fully saturated rings. The van der Waals surface area contributed by atoms with Crippen molar-refractivity contribution in [3.63, 3.8) is 0 Å². The number of hydrogen-bond acceptors (Lipinski definition) is 4. The number of carbonyl (C=O) groups excluding carboxylic acids is 1. The molecule has 1 aliphatic rings. The molecule has 1 aromatic heterocycles. The number of amides is 1. The third-order valence-electron chi connectivity index (χ3n) is 3.34. The predicted octanol–water partition coefficient (Wildman–Crippen LogP) is 3.16. The fourth-order valence-corrected chi connectivity index (χ4v) is 4.91. The van der Waals surface area contributed by atoms with E-state index in [2.05, 4.69) is 10.0 Å². The maximum Gasteiger partial charge on any atom is 0.250 e. The van der Waals surface area contributed by atoms with Crippen LogP contribution in [-0.4, -0.2) is 20.4 Å². The van der Waals surface area contributed by atoms with Crippen molar-refractivity contribution < 1.29 is 17.6 Å². The molecule has 0 saturated heterocycles. The summed E-state index contributed by atoms with van der Waals surface area (Å²) in [5.41, 5.74) is 0.308. The van der Waals surface area contributed by atoms with Crippen molar-refractivity contribution in [1.82, 2.24) is 4.72 Å². The van der Waals surface area contributed by atoms with Crippen LogP contribution in [0, 0.1) is 5.82 Å². The topological polar surface area (TPSA) is 75.3 Å². The highest BCUT2D eigenvalue weighted by Gasteiger charge is 2.28. The van der Waals surface area contributed by atoms with Gasteiger partial charge in [-0.15, -0.1) is 11.3 Å². The third-order valence-corrected chi connectivity index (χ3v) is 6.75. The zero-order valence-corrected chi connectivity index (χ0v) is 14.8. The molecule has 2 aromatic rings. The number of benzene rings is 1. The normalized spacial score (nSPS) is 14.6. The van der Waals surface area contributed by atoms with Crippen LogP contribution in [0.5, 0.6) is 0 Å². The van der Waals surface area contributed by atoms with Gasteiger partial charge in [0.05, 0.1) is 17.1 Å². The number of rotatable bonds is 6. The van der Waals surface area contributed by atoms with E-state index in [0.717, 1.165) is 30.2 Å². The van der Waals surface area contributed by atoms with Gasteiger partial charge in [0.25, 0.3) is 0 Å². The Balaban J connectivity index is 1.64. The van der Waals surface area contributed by atoms with Crippen LogP contribution in [0.1, 0.15) is 17.7 Å². The molecule has 1 aromatic carbocycles. The number of sulfonamides is 1. The Morgan fingerprint density at radius 3 is 2.71 bits per heavy atom. The van der Waals surface area contributed by atoms with E-state index < -0.39 is 15.8 Å². The molecule has 0 radical (unpaired) electrons. The second-order valence-corrected chi connectivity index (χ2v) is 8.98. The van der Waals surface area contributed by atoms with Gasteiger partial charge in [0.1, 0.15) is 10.0 Å². The molecule has 0 spiro atoms. The Morgan fingerprint density at radius 1 is 1.29 bits per heavy atom. The van der Waals surface area contributed by atoms with Crippen molar-refractivity contribution in [3.8, 4) is 0 Å². The van der Waals surface area contributed by atoms with Gasteiger partial charge in [0.15, 0.2) is 0 Å². The number of halogens is 2. The summed E-state index contributed by atoms with van der Waals surface area (Å²) in [6, 6.07) is 6.81. The quantitative estimate of drug-likeness (QED) is 0.798. The van der Waals surface area contributed by atoms with Crippen molar-refractivity contribution in [1.29, 1.82) is 0 Å². The number of thiophene rings is 1. The maximum absolute atomic E-state index is 13.0. The summed E-state index contributed by atoms with van der Waals surface area (Å²) in [6.07, 6.45) is 1.73. The number of nitrogens with one attached hydrogen (secondary N) is 2. The van der Waals surface area contributed by atoms with Crippen molar-refractivity contribution in [2.75, 3.05) is 5.32 Å². The van der Waals surface area contributed by atoms with Gasteiger partial charge >= 0.3 is 0 Å². The molecule has 1 amide bonds. The highest BCUT2D eigenvalue weighted by atomic mass is 35.5. The molecule has 0 aliphatic heterocycles. The molecule has 1 aliphatic carbocycles. The Labute approximate surface area is 147 Å². The second kappa shape index (κ2) is 6.79. The van der Waals surface area contributed by atoms with E-state index in [1.807, 2.05) is 0 Å². The van der Waals surface area contributed by atoms with E-state index in [1.165, 1.54) is 18.2 Å². The minimum Gasteiger partial charge on any atom is -0.324 e. The second-order valence-electron chi connectivity index (χ2n) is 5.47. The van der Waals surface area contributed by atoms with Gasteiger partial charge in [-0.2, -0.15) is 0 Å². The molecule has 1 heterocycles. The molecule has 3 rings (SSSR count). The highest BCUT2D eigenvalue weighted by molar-refractivity contribution is 7.91. The van der Waals surface area contributed by atoms with Crippen molar-refractivity contribution in [3.05, 3.63) is 46.0 Å². The number of anilines is 1. The zero-order valence-electron chi connectivity index (χ0n) is 12.4. The van der Waals surface area contributed by atoms with Gasteiger partial charge in [-0.25, -0.2) is 17.5 Å². The Kier molecular flexibility index (Phi) is 4.91. The first-order valence-corrected chi connectivity index (χ1v) is 9.87. The molecule has 24 heavy (non-hydrogen) atoms. The molecule has 0 unspecified atom stereocenters. The van der Waals surface area contributed by atoms with Crippen LogP contribution in [-0.2, 0) is 21.2 Å². The molecular weight excluding hydrogens is 375 g/mol. The minimum atomic E-state index is -3.51. The first-order chi connectivity index (χ1) is 11.3. The largest absolute Gasteiger partial charge is 0.324 e. The molecule has 0 atom stereocenters. The summed E-state index contributed by atoms with van der Waals surface area (Å²) in [6.45, 7) is 0. The van der Waals surface area contributed by atoms with Gasteiger partial charge < -0.3 is 5.32 Å². The number of carbonyl (C=O) groups is 1. The maximum atomic E-state index is 13.0. The van der Waals surface area contributed by atoms with E-state index in [0.29, 0.717) is 10.6 Å². The monoisotopic (exact) mass is 388 g/mol. The molecule has 128 valence electrons. The highest BCUT2D eigenvalue weighted by Crippen LogP contribution is 2.27. The SMILES string of the molecule is O=C(Cc1ccc(S(=O)(=O)NC2CC2)s1)Nc1ccc(F)cc1Cl. The third kappa shape index (κ3) is 4.32. The predicted molar refractivity (Wildman–Crippen MR) is 91.4 cm³/mol. The average molecular weight is 389 g/mol. The van der Waals surface area contributed by atoms with Gasteiger partial charge in [0, 0.05) is 10.9 Å². The van der Waals surface area contributed by atoms with Gasteiger partial charge in [-0.05, 0) is 43.2 Å². The summed E-state index contributed by atoms with van der Waals surface area (Å²) in [5.74, 6) is -0.848. The molecule has 0 bridgehead atoms. The summed E-state index contributed by atoms with van der Waals surface area (Å²) >= 11 is 6.91. The molecule has 9 heteroatoms. The van der Waals surface area contributed by atoms with Crippen molar-refractivity contribution in [2.24, 2.45) is 0 Å². The van der Waals surface area contributed by atoms with E-state index in [4.69, 9.17) is 11.6 Å². The fourth-order valence-electron chi connectivity index (χ4n) is 2.02. The first-order valence-electron chi connectivity index (χ1n) is 7.19. The Hall–Kier alpha value is -1.48. The van der Waals surface area contributed by atoms with Gasteiger partial charge in [0.2, 0.25) is 15.9 Å².